The molecule has 3 aromatic carbocycles. The fourth-order valence-electron chi connectivity index (χ4n) is 3.37. The van der Waals surface area contributed by atoms with Gasteiger partial charge in [-0.3, -0.25) is 0 Å². The van der Waals surface area contributed by atoms with Gasteiger partial charge in [-0.15, -0.1) is 0 Å². The molecule has 0 atom stereocenters. The van der Waals surface area contributed by atoms with Gasteiger partial charge in [-0.2, -0.15) is 5.10 Å². The van der Waals surface area contributed by atoms with Crippen molar-refractivity contribution in [1.82, 2.24) is 14.7 Å². The summed E-state index contributed by atoms with van der Waals surface area (Å²) in [5.41, 5.74) is 3.22. The van der Waals surface area contributed by atoms with Crippen molar-refractivity contribution in [3.05, 3.63) is 119 Å². The second-order valence-corrected chi connectivity index (χ2v) is 8.17. The number of halogens is 2. The first kappa shape index (κ1) is 22.0. The van der Waals surface area contributed by atoms with Crippen molar-refractivity contribution in [2.24, 2.45) is 0 Å². The molecule has 0 radical (unpaired) electrons. The fraction of sp³-hybridized carbons (Fsp3) is 0.120. The molecule has 0 spiro atoms. The van der Waals surface area contributed by atoms with E-state index < -0.39 is 0 Å². The van der Waals surface area contributed by atoms with Crippen LogP contribution in [0.5, 0.6) is 0 Å². The molecule has 0 saturated carbocycles. The molecule has 1 aromatic heterocycles. The largest absolute Gasteiger partial charge is 0.340 e. The fourth-order valence-corrected chi connectivity index (χ4v) is 3.79. The van der Waals surface area contributed by atoms with Crippen molar-refractivity contribution < 1.29 is 4.39 Å². The highest BCUT2D eigenvalue weighted by atomic mass is 35.5. The van der Waals surface area contributed by atoms with E-state index in [1.165, 1.54) is 12.1 Å². The predicted molar refractivity (Wildman–Crippen MR) is 131 cm³/mol. The van der Waals surface area contributed by atoms with Crippen LogP contribution < -0.4 is 5.32 Å². The molecule has 4 rings (SSSR count). The summed E-state index contributed by atoms with van der Waals surface area (Å²) < 4.78 is 15.0. The van der Waals surface area contributed by atoms with Crippen molar-refractivity contribution in [2.75, 3.05) is 5.32 Å². The number of nitrogens with one attached hydrogen (secondary N) is 1. The van der Waals surface area contributed by atoms with E-state index >= 15 is 0 Å². The molecule has 4 nitrogen and oxygen atoms in total. The highest BCUT2D eigenvalue weighted by Gasteiger charge is 2.15. The van der Waals surface area contributed by atoms with Gasteiger partial charge in [0.05, 0.1) is 6.54 Å². The minimum atomic E-state index is -0.274. The quantitative estimate of drug-likeness (QED) is 0.334. The van der Waals surface area contributed by atoms with E-state index in [0.717, 1.165) is 16.7 Å². The van der Waals surface area contributed by atoms with Gasteiger partial charge in [0.2, 0.25) is 0 Å². The molecule has 0 bridgehead atoms. The average Bonchev–Trinajstić information content (AvgIpc) is 3.14. The molecular weight excluding hydrogens is 443 g/mol. The van der Waals surface area contributed by atoms with Gasteiger partial charge < -0.3 is 10.2 Å². The molecule has 0 unspecified atom stereocenters. The Labute approximate surface area is 197 Å². The molecular formula is C25H22ClFN4S. The van der Waals surface area contributed by atoms with E-state index in [1.807, 2.05) is 36.4 Å². The smallest absolute Gasteiger partial charge is 0.175 e. The minimum Gasteiger partial charge on any atom is -0.340 e. The van der Waals surface area contributed by atoms with Crippen LogP contribution in [0, 0.1) is 5.82 Å². The number of aromatic nitrogens is 2. The van der Waals surface area contributed by atoms with Crippen LogP contribution >= 0.6 is 23.8 Å². The molecule has 4 aromatic rings. The van der Waals surface area contributed by atoms with Gasteiger partial charge in [0.25, 0.3) is 0 Å². The molecule has 0 aliphatic carbocycles. The van der Waals surface area contributed by atoms with Crippen LogP contribution in [0.2, 0.25) is 5.15 Å². The van der Waals surface area contributed by atoms with Gasteiger partial charge in [-0.1, -0.05) is 84.4 Å². The summed E-state index contributed by atoms with van der Waals surface area (Å²) in [7, 11) is 0. The maximum Gasteiger partial charge on any atom is 0.175 e. The Morgan fingerprint density at radius 1 is 0.875 bits per heavy atom. The minimum absolute atomic E-state index is 0.274. The lowest BCUT2D eigenvalue weighted by Crippen LogP contribution is -2.34. The maximum atomic E-state index is 13.2. The third kappa shape index (κ3) is 5.93. The normalized spacial score (nSPS) is 10.7. The van der Waals surface area contributed by atoms with Crippen LogP contribution in [-0.2, 0) is 19.6 Å². The molecule has 0 fully saturated rings. The summed E-state index contributed by atoms with van der Waals surface area (Å²) in [6.07, 6.45) is 0. The zero-order chi connectivity index (χ0) is 22.3. The van der Waals surface area contributed by atoms with Crippen LogP contribution in [0.15, 0.2) is 91.0 Å². The first-order valence-corrected chi connectivity index (χ1v) is 11.0. The van der Waals surface area contributed by atoms with Crippen molar-refractivity contribution >= 4 is 34.7 Å². The Kier molecular flexibility index (Phi) is 7.14. The third-order valence-electron chi connectivity index (χ3n) is 4.95. The first-order chi connectivity index (χ1) is 15.6. The molecule has 162 valence electrons. The van der Waals surface area contributed by atoms with Crippen LogP contribution in [0.25, 0.3) is 0 Å². The summed E-state index contributed by atoms with van der Waals surface area (Å²) >= 11 is 12.0. The summed E-state index contributed by atoms with van der Waals surface area (Å²) in [5.74, 6) is 0.402. The third-order valence-corrected chi connectivity index (χ3v) is 5.50. The van der Waals surface area contributed by atoms with Crippen molar-refractivity contribution in [3.63, 3.8) is 0 Å². The lowest BCUT2D eigenvalue weighted by atomic mass is 10.2. The van der Waals surface area contributed by atoms with Crippen LogP contribution in [-0.4, -0.2) is 19.8 Å². The summed E-state index contributed by atoms with van der Waals surface area (Å²) in [6.45, 7) is 1.75. The number of rotatable bonds is 7. The Morgan fingerprint density at radius 2 is 1.44 bits per heavy atom. The van der Waals surface area contributed by atoms with E-state index in [0.29, 0.717) is 35.7 Å². The number of nitrogens with zero attached hydrogens (tertiary/aromatic N) is 3. The number of benzene rings is 3. The average molecular weight is 465 g/mol. The molecule has 32 heavy (non-hydrogen) atoms. The van der Waals surface area contributed by atoms with Gasteiger partial charge in [0.15, 0.2) is 10.3 Å². The van der Waals surface area contributed by atoms with E-state index in [9.17, 15) is 4.39 Å². The lowest BCUT2D eigenvalue weighted by Gasteiger charge is -2.26. The number of hydrogen-bond donors (Lipinski definition) is 1. The Morgan fingerprint density at radius 3 is 2.00 bits per heavy atom. The molecule has 0 aliphatic rings. The zero-order valence-corrected chi connectivity index (χ0v) is 18.9. The predicted octanol–water partition coefficient (Wildman–Crippen LogP) is 6.12. The molecule has 0 aliphatic heterocycles. The zero-order valence-electron chi connectivity index (χ0n) is 17.3. The second kappa shape index (κ2) is 10.4. The van der Waals surface area contributed by atoms with Crippen molar-refractivity contribution in [2.45, 2.75) is 19.6 Å². The molecule has 1 heterocycles. The van der Waals surface area contributed by atoms with E-state index in [-0.39, 0.29) is 5.82 Å². The van der Waals surface area contributed by atoms with Gasteiger partial charge >= 0.3 is 0 Å². The molecule has 7 heteroatoms. The summed E-state index contributed by atoms with van der Waals surface area (Å²) in [5, 5.41) is 8.58. The van der Waals surface area contributed by atoms with Crippen LogP contribution in [0.4, 0.5) is 10.2 Å². The van der Waals surface area contributed by atoms with Gasteiger partial charge in [0.1, 0.15) is 11.6 Å². The van der Waals surface area contributed by atoms with E-state index in [4.69, 9.17) is 23.8 Å². The Hall–Kier alpha value is -3.22. The van der Waals surface area contributed by atoms with Crippen LogP contribution in [0.1, 0.15) is 16.7 Å². The Bertz CT molecular complexity index is 1120. The highest BCUT2D eigenvalue weighted by molar-refractivity contribution is 7.80. The maximum absolute atomic E-state index is 13.2. The van der Waals surface area contributed by atoms with Crippen molar-refractivity contribution in [1.29, 1.82) is 0 Å². The van der Waals surface area contributed by atoms with Gasteiger partial charge in [0, 0.05) is 19.2 Å². The van der Waals surface area contributed by atoms with E-state index in [2.05, 4.69) is 39.6 Å². The molecule has 0 saturated heterocycles. The molecule has 0 amide bonds. The monoisotopic (exact) mass is 464 g/mol. The standard InChI is InChI=1S/C25H22ClFN4S/c26-23-15-24(31(29-23)18-21-11-13-22(27)14-12-21)28-25(32)30(16-19-7-3-1-4-8-19)17-20-9-5-2-6-10-20/h1-15H,16-18H2,(H,28,32). The van der Waals surface area contributed by atoms with Gasteiger partial charge in [-0.25, -0.2) is 9.07 Å². The highest BCUT2D eigenvalue weighted by Crippen LogP contribution is 2.19. The number of thiocarbonyl (C=S) groups is 1. The van der Waals surface area contributed by atoms with Crippen LogP contribution in [0.3, 0.4) is 0 Å². The number of anilines is 1. The lowest BCUT2D eigenvalue weighted by molar-refractivity contribution is 0.412. The summed E-state index contributed by atoms with van der Waals surface area (Å²) in [4.78, 5) is 2.10. The SMILES string of the molecule is Fc1ccc(Cn2nc(Cl)cc2NC(=S)N(Cc2ccccc2)Cc2ccccc2)cc1. The second-order valence-electron chi connectivity index (χ2n) is 7.39. The number of hydrogen-bond acceptors (Lipinski definition) is 2. The van der Waals surface area contributed by atoms with Gasteiger partial charge in [-0.05, 0) is 41.0 Å². The molecule has 1 N–H and O–H groups in total. The Balaban J connectivity index is 1.54. The first-order valence-electron chi connectivity index (χ1n) is 10.2. The van der Waals surface area contributed by atoms with Crippen molar-refractivity contribution in [3.8, 4) is 0 Å². The topological polar surface area (TPSA) is 33.1 Å². The van der Waals surface area contributed by atoms with E-state index in [1.54, 1.807) is 22.9 Å². The summed E-state index contributed by atoms with van der Waals surface area (Å²) in [6, 6.07) is 28.4.